The van der Waals surface area contributed by atoms with Crippen molar-refractivity contribution < 1.29 is 30.0 Å². The number of hydrogen-bond acceptors (Lipinski definition) is 7. The van der Waals surface area contributed by atoms with Gasteiger partial charge >= 0.3 is 0 Å². The van der Waals surface area contributed by atoms with E-state index in [9.17, 15) is 20.1 Å². The normalized spacial score (nSPS) is 16.5. The van der Waals surface area contributed by atoms with Crippen molar-refractivity contribution in [3.05, 3.63) is 28.2 Å². The van der Waals surface area contributed by atoms with Gasteiger partial charge in [0, 0.05) is 5.02 Å². The van der Waals surface area contributed by atoms with E-state index in [1.165, 1.54) is 19.1 Å². The zero-order chi connectivity index (χ0) is 18.3. The van der Waals surface area contributed by atoms with Gasteiger partial charge in [-0.25, -0.2) is 5.43 Å². The van der Waals surface area contributed by atoms with E-state index in [1.54, 1.807) is 6.07 Å². The summed E-state index contributed by atoms with van der Waals surface area (Å²) in [5.41, 5.74) is 2.06. The first-order valence-corrected chi connectivity index (χ1v) is 7.60. The number of carbonyl (C=O) groups is 1. The molecule has 0 heterocycles. The first-order chi connectivity index (χ1) is 11.2. The van der Waals surface area contributed by atoms with Crippen LogP contribution in [0.1, 0.15) is 6.92 Å². The summed E-state index contributed by atoms with van der Waals surface area (Å²) in [6, 6.07) is 4.50. The van der Waals surface area contributed by atoms with Crippen molar-refractivity contribution in [3.8, 4) is 5.75 Å². The summed E-state index contributed by atoms with van der Waals surface area (Å²) < 4.78 is 5.17. The number of halogens is 2. The SMILES string of the molecule is C[C@@H](O)[C@@H](O)[C@H](O)[C@H](O)/C=N/NC(=O)COc1ccc(Cl)cc1Cl. The molecule has 0 saturated carbocycles. The summed E-state index contributed by atoms with van der Waals surface area (Å²) in [6.45, 7) is 0.854. The summed E-state index contributed by atoms with van der Waals surface area (Å²) in [5, 5.41) is 41.6. The predicted molar refractivity (Wildman–Crippen MR) is 88.3 cm³/mol. The molecule has 0 aliphatic heterocycles. The van der Waals surface area contributed by atoms with E-state index < -0.39 is 36.9 Å². The van der Waals surface area contributed by atoms with Gasteiger partial charge in [-0.05, 0) is 25.1 Å². The van der Waals surface area contributed by atoms with E-state index in [2.05, 4.69) is 10.5 Å². The highest BCUT2D eigenvalue weighted by Gasteiger charge is 2.27. The van der Waals surface area contributed by atoms with Gasteiger partial charge in [0.1, 0.15) is 24.1 Å². The third kappa shape index (κ3) is 6.60. The lowest BCUT2D eigenvalue weighted by molar-refractivity contribution is -0.123. The molecule has 0 aromatic heterocycles. The Hall–Kier alpha value is -1.42. The molecule has 0 spiro atoms. The van der Waals surface area contributed by atoms with Gasteiger partial charge in [-0.15, -0.1) is 0 Å². The molecule has 0 saturated heterocycles. The molecule has 0 aliphatic carbocycles. The van der Waals surface area contributed by atoms with Crippen LogP contribution in [0.25, 0.3) is 0 Å². The van der Waals surface area contributed by atoms with Crippen molar-refractivity contribution in [1.82, 2.24) is 5.43 Å². The fourth-order valence-electron chi connectivity index (χ4n) is 1.53. The third-order valence-electron chi connectivity index (χ3n) is 2.86. The lowest BCUT2D eigenvalue weighted by Gasteiger charge is -2.22. The molecule has 0 bridgehead atoms. The summed E-state index contributed by atoms with van der Waals surface area (Å²) in [6.07, 6.45) is -5.23. The molecule has 1 rings (SSSR count). The maximum Gasteiger partial charge on any atom is 0.277 e. The molecule has 8 nitrogen and oxygen atoms in total. The number of carbonyl (C=O) groups excluding carboxylic acids is 1. The summed E-state index contributed by atoms with van der Waals surface area (Å²) in [5.74, 6) is -0.384. The van der Waals surface area contributed by atoms with Crippen LogP contribution in [0.3, 0.4) is 0 Å². The first kappa shape index (κ1) is 20.6. The quantitative estimate of drug-likeness (QED) is 0.317. The van der Waals surface area contributed by atoms with Crippen molar-refractivity contribution >= 4 is 35.3 Å². The fraction of sp³-hybridized carbons (Fsp3) is 0.429. The van der Waals surface area contributed by atoms with Gasteiger partial charge < -0.3 is 25.2 Å². The largest absolute Gasteiger partial charge is 0.482 e. The lowest BCUT2D eigenvalue weighted by Crippen LogP contribution is -2.44. The summed E-state index contributed by atoms with van der Waals surface area (Å²) >= 11 is 11.6. The molecule has 0 fully saturated rings. The molecule has 4 atom stereocenters. The number of nitrogens with zero attached hydrogens (tertiary/aromatic N) is 1. The Morgan fingerprint density at radius 1 is 1.29 bits per heavy atom. The van der Waals surface area contributed by atoms with Crippen LogP contribution in [0.5, 0.6) is 5.75 Å². The second kappa shape index (κ2) is 9.77. The molecular weight excluding hydrogens is 363 g/mol. The standard InChI is InChI=1S/C14H18Cl2N2O6/c1-7(19)13(22)14(23)10(20)5-17-18-12(21)6-24-11-3-2-8(15)4-9(11)16/h2-5,7,10,13-14,19-20,22-23H,6H2,1H3,(H,18,21)/b17-5+/t7-,10-,13-,14-/m1/s1. The van der Waals surface area contributed by atoms with Gasteiger partial charge in [0.15, 0.2) is 6.61 Å². The first-order valence-electron chi connectivity index (χ1n) is 6.84. The van der Waals surface area contributed by atoms with Crippen LogP contribution in [0.2, 0.25) is 10.0 Å². The lowest BCUT2D eigenvalue weighted by atomic mass is 10.1. The zero-order valence-electron chi connectivity index (χ0n) is 12.6. The third-order valence-corrected chi connectivity index (χ3v) is 3.39. The van der Waals surface area contributed by atoms with Crippen LogP contribution in [0, 0.1) is 0 Å². The number of hydrogen-bond donors (Lipinski definition) is 5. The van der Waals surface area contributed by atoms with E-state index in [1.807, 2.05) is 0 Å². The number of benzene rings is 1. The van der Waals surface area contributed by atoms with Crippen molar-refractivity contribution in [2.75, 3.05) is 6.61 Å². The van der Waals surface area contributed by atoms with Crippen LogP contribution in [-0.2, 0) is 4.79 Å². The minimum atomic E-state index is -1.66. The maximum atomic E-state index is 11.5. The number of aliphatic hydroxyl groups excluding tert-OH is 4. The zero-order valence-corrected chi connectivity index (χ0v) is 14.1. The van der Waals surface area contributed by atoms with Crippen LogP contribution < -0.4 is 10.2 Å². The number of aliphatic hydroxyl groups is 4. The number of rotatable bonds is 8. The van der Waals surface area contributed by atoms with E-state index in [4.69, 9.17) is 33.0 Å². The van der Waals surface area contributed by atoms with Crippen molar-refractivity contribution in [2.45, 2.75) is 31.3 Å². The molecule has 134 valence electrons. The van der Waals surface area contributed by atoms with E-state index in [0.717, 1.165) is 6.21 Å². The van der Waals surface area contributed by atoms with Gasteiger partial charge in [-0.3, -0.25) is 4.79 Å². The molecule has 0 unspecified atom stereocenters. The Labute approximate surface area is 148 Å². The van der Waals surface area contributed by atoms with Crippen LogP contribution in [-0.4, -0.2) is 63.6 Å². The Morgan fingerprint density at radius 3 is 2.54 bits per heavy atom. The van der Waals surface area contributed by atoms with Gasteiger partial charge in [0.2, 0.25) is 0 Å². The molecule has 1 aromatic rings. The minimum Gasteiger partial charge on any atom is -0.482 e. The van der Waals surface area contributed by atoms with Gasteiger partial charge in [-0.2, -0.15) is 5.10 Å². The fourth-order valence-corrected chi connectivity index (χ4v) is 1.99. The highest BCUT2D eigenvalue weighted by Crippen LogP contribution is 2.27. The smallest absolute Gasteiger partial charge is 0.277 e. The molecular formula is C14H18Cl2N2O6. The number of hydrazone groups is 1. The van der Waals surface area contributed by atoms with Crippen molar-refractivity contribution in [1.29, 1.82) is 0 Å². The maximum absolute atomic E-state index is 11.5. The second-order valence-electron chi connectivity index (χ2n) is 4.89. The predicted octanol–water partition coefficient (Wildman–Crippen LogP) is -0.0623. The number of amides is 1. The topological polar surface area (TPSA) is 132 Å². The second-order valence-corrected chi connectivity index (χ2v) is 5.73. The van der Waals surface area contributed by atoms with Crippen molar-refractivity contribution in [2.24, 2.45) is 5.10 Å². The molecule has 24 heavy (non-hydrogen) atoms. The Morgan fingerprint density at radius 2 is 1.96 bits per heavy atom. The van der Waals surface area contributed by atoms with Crippen LogP contribution in [0.4, 0.5) is 0 Å². The Kier molecular flexibility index (Phi) is 8.40. The van der Waals surface area contributed by atoms with Crippen LogP contribution in [0.15, 0.2) is 23.3 Å². The highest BCUT2D eigenvalue weighted by atomic mass is 35.5. The monoisotopic (exact) mass is 380 g/mol. The number of ether oxygens (including phenoxy) is 1. The van der Waals surface area contributed by atoms with Gasteiger partial charge in [0.25, 0.3) is 5.91 Å². The van der Waals surface area contributed by atoms with Gasteiger partial charge in [0.05, 0.1) is 17.3 Å². The van der Waals surface area contributed by atoms with Crippen molar-refractivity contribution in [3.63, 3.8) is 0 Å². The molecule has 1 amide bonds. The summed E-state index contributed by atoms with van der Waals surface area (Å²) in [4.78, 5) is 11.5. The summed E-state index contributed by atoms with van der Waals surface area (Å²) in [7, 11) is 0. The van der Waals surface area contributed by atoms with Gasteiger partial charge in [-0.1, -0.05) is 23.2 Å². The van der Waals surface area contributed by atoms with E-state index in [0.29, 0.717) is 5.02 Å². The molecule has 0 radical (unpaired) electrons. The highest BCUT2D eigenvalue weighted by molar-refractivity contribution is 6.35. The van der Waals surface area contributed by atoms with Crippen LogP contribution >= 0.6 is 23.2 Å². The minimum absolute atomic E-state index is 0.240. The Bertz CT molecular complexity index is 584. The molecule has 1 aromatic carbocycles. The molecule has 5 N–H and O–H groups in total. The number of nitrogens with one attached hydrogen (secondary N) is 1. The average molecular weight is 381 g/mol. The average Bonchev–Trinajstić information content (AvgIpc) is 2.52. The Balaban J connectivity index is 2.42. The molecule has 10 heteroatoms. The van der Waals surface area contributed by atoms with E-state index in [-0.39, 0.29) is 10.8 Å². The van der Waals surface area contributed by atoms with E-state index >= 15 is 0 Å². The molecule has 0 aliphatic rings.